The van der Waals surface area contributed by atoms with Crippen molar-refractivity contribution in [3.63, 3.8) is 0 Å². The van der Waals surface area contributed by atoms with Gasteiger partial charge in [-0.15, -0.1) is 0 Å². The second kappa shape index (κ2) is 8.43. The number of carbonyl (C=O) groups excluding carboxylic acids is 1. The van der Waals surface area contributed by atoms with E-state index in [-0.39, 0.29) is 12.5 Å². The second-order valence-electron chi connectivity index (χ2n) is 5.97. The fourth-order valence-electron chi connectivity index (χ4n) is 2.69. The van der Waals surface area contributed by atoms with E-state index in [0.717, 1.165) is 11.1 Å². The minimum Gasteiger partial charge on any atom is -0.496 e. The molecule has 0 unspecified atom stereocenters. The van der Waals surface area contributed by atoms with Gasteiger partial charge in [0.25, 0.3) is 5.91 Å². The zero-order valence-electron chi connectivity index (χ0n) is 16.1. The Hall–Kier alpha value is -3.55. The van der Waals surface area contributed by atoms with Gasteiger partial charge in [0, 0.05) is 17.7 Å². The van der Waals surface area contributed by atoms with Gasteiger partial charge in [-0.1, -0.05) is 28.9 Å². The number of rotatable bonds is 7. The minimum atomic E-state index is -0.367. The normalized spacial score (nSPS) is 10.4. The van der Waals surface area contributed by atoms with Gasteiger partial charge >= 0.3 is 0 Å². The number of hydrogen-bond donors (Lipinski definition) is 1. The summed E-state index contributed by atoms with van der Waals surface area (Å²) < 4.78 is 21.0. The number of amides is 1. The van der Waals surface area contributed by atoms with Crippen molar-refractivity contribution in [1.29, 1.82) is 0 Å². The van der Waals surface area contributed by atoms with Crippen molar-refractivity contribution >= 4 is 5.91 Å². The van der Waals surface area contributed by atoms with Crippen molar-refractivity contribution in [1.82, 2.24) is 15.5 Å². The maximum Gasteiger partial charge on any atom is 0.255 e. The first-order valence-electron chi connectivity index (χ1n) is 8.53. The maximum atomic E-state index is 12.6. The van der Waals surface area contributed by atoms with E-state index in [2.05, 4.69) is 15.5 Å². The van der Waals surface area contributed by atoms with Crippen molar-refractivity contribution < 1.29 is 23.5 Å². The molecule has 0 bridgehead atoms. The summed E-state index contributed by atoms with van der Waals surface area (Å²) in [7, 11) is 4.49. The van der Waals surface area contributed by atoms with E-state index in [9.17, 15) is 4.79 Å². The van der Waals surface area contributed by atoms with Crippen LogP contribution in [0.4, 0.5) is 0 Å². The standard InChI is InChI=1S/C20H21N3O5/c1-12-6-5-7-13(8-12)19-22-18(28-23-19)11-21-20(24)14-9-16(26-3)17(27-4)10-15(14)25-2/h5-10H,11H2,1-4H3,(H,21,24). The van der Waals surface area contributed by atoms with Crippen LogP contribution in [0.15, 0.2) is 40.9 Å². The Kier molecular flexibility index (Phi) is 5.78. The predicted molar refractivity (Wildman–Crippen MR) is 102 cm³/mol. The molecular formula is C20H21N3O5. The molecule has 3 aromatic rings. The molecule has 28 heavy (non-hydrogen) atoms. The van der Waals surface area contributed by atoms with E-state index >= 15 is 0 Å². The van der Waals surface area contributed by atoms with Gasteiger partial charge in [-0.2, -0.15) is 4.98 Å². The summed E-state index contributed by atoms with van der Waals surface area (Å²) in [5.41, 5.74) is 2.25. The molecule has 0 saturated carbocycles. The van der Waals surface area contributed by atoms with Crippen molar-refractivity contribution in [2.45, 2.75) is 13.5 Å². The first-order valence-corrected chi connectivity index (χ1v) is 8.53. The highest BCUT2D eigenvalue weighted by molar-refractivity contribution is 5.97. The summed E-state index contributed by atoms with van der Waals surface area (Å²) >= 11 is 0. The molecule has 0 spiro atoms. The van der Waals surface area contributed by atoms with Gasteiger partial charge in [0.15, 0.2) is 11.5 Å². The quantitative estimate of drug-likeness (QED) is 0.670. The Bertz CT molecular complexity index is 984. The predicted octanol–water partition coefficient (Wildman–Crippen LogP) is 3.00. The molecule has 8 heteroatoms. The molecule has 0 aliphatic heterocycles. The summed E-state index contributed by atoms with van der Waals surface area (Å²) in [6, 6.07) is 10.9. The number of hydrogen-bond acceptors (Lipinski definition) is 7. The summed E-state index contributed by atoms with van der Waals surface area (Å²) in [6.45, 7) is 2.07. The number of nitrogens with zero attached hydrogens (tertiary/aromatic N) is 2. The largest absolute Gasteiger partial charge is 0.496 e. The van der Waals surface area contributed by atoms with Crippen LogP contribution in [0.25, 0.3) is 11.4 Å². The Morgan fingerprint density at radius 2 is 1.75 bits per heavy atom. The number of methoxy groups -OCH3 is 3. The van der Waals surface area contributed by atoms with Crippen LogP contribution >= 0.6 is 0 Å². The van der Waals surface area contributed by atoms with Gasteiger partial charge in [0.05, 0.1) is 33.4 Å². The van der Waals surface area contributed by atoms with Gasteiger partial charge in [0.2, 0.25) is 11.7 Å². The number of carbonyl (C=O) groups is 1. The lowest BCUT2D eigenvalue weighted by Crippen LogP contribution is -2.23. The zero-order chi connectivity index (χ0) is 20.1. The third-order valence-electron chi connectivity index (χ3n) is 4.09. The molecule has 1 heterocycles. The lowest BCUT2D eigenvalue weighted by Gasteiger charge is -2.13. The molecule has 0 radical (unpaired) electrons. The SMILES string of the molecule is COc1cc(OC)c(C(=O)NCc2nc(-c3cccc(C)c3)no2)cc1OC. The van der Waals surface area contributed by atoms with Crippen LogP contribution in [-0.2, 0) is 6.54 Å². The number of aromatic nitrogens is 2. The van der Waals surface area contributed by atoms with Gasteiger partial charge in [0.1, 0.15) is 5.75 Å². The number of nitrogens with one attached hydrogen (secondary N) is 1. The van der Waals surface area contributed by atoms with E-state index in [1.165, 1.54) is 21.3 Å². The smallest absolute Gasteiger partial charge is 0.255 e. The summed E-state index contributed by atoms with van der Waals surface area (Å²) in [6.07, 6.45) is 0. The van der Waals surface area contributed by atoms with E-state index in [4.69, 9.17) is 18.7 Å². The zero-order valence-corrected chi connectivity index (χ0v) is 16.1. The fourth-order valence-corrected chi connectivity index (χ4v) is 2.69. The summed E-state index contributed by atoms with van der Waals surface area (Å²) in [5, 5.41) is 6.71. The van der Waals surface area contributed by atoms with E-state index in [0.29, 0.717) is 34.5 Å². The van der Waals surface area contributed by atoms with Crippen molar-refractivity contribution in [2.24, 2.45) is 0 Å². The molecule has 3 rings (SSSR count). The molecular weight excluding hydrogens is 362 g/mol. The summed E-state index contributed by atoms with van der Waals surface area (Å²) in [4.78, 5) is 16.9. The topological polar surface area (TPSA) is 95.7 Å². The van der Waals surface area contributed by atoms with Crippen LogP contribution in [0.1, 0.15) is 21.8 Å². The Morgan fingerprint density at radius 1 is 1.04 bits per heavy atom. The summed E-state index contributed by atoms with van der Waals surface area (Å²) in [5.74, 6) is 1.65. The number of benzene rings is 2. The van der Waals surface area contributed by atoms with Gasteiger partial charge in [-0.25, -0.2) is 0 Å². The van der Waals surface area contributed by atoms with E-state index in [1.807, 2.05) is 31.2 Å². The number of aryl methyl sites for hydroxylation is 1. The third-order valence-corrected chi connectivity index (χ3v) is 4.09. The maximum absolute atomic E-state index is 12.6. The molecule has 1 amide bonds. The Labute approximate surface area is 162 Å². The molecule has 1 aromatic heterocycles. The first kappa shape index (κ1) is 19.2. The van der Waals surface area contributed by atoms with Crippen LogP contribution in [-0.4, -0.2) is 37.4 Å². The molecule has 8 nitrogen and oxygen atoms in total. The molecule has 0 aliphatic carbocycles. The van der Waals surface area contributed by atoms with E-state index < -0.39 is 0 Å². The fraction of sp³-hybridized carbons (Fsp3) is 0.250. The lowest BCUT2D eigenvalue weighted by atomic mass is 10.1. The minimum absolute atomic E-state index is 0.0785. The van der Waals surface area contributed by atoms with Crippen LogP contribution in [0.3, 0.4) is 0 Å². The molecule has 0 saturated heterocycles. The number of ether oxygens (including phenoxy) is 3. The van der Waals surface area contributed by atoms with Crippen LogP contribution < -0.4 is 19.5 Å². The molecule has 0 atom stereocenters. The molecule has 0 aliphatic rings. The van der Waals surface area contributed by atoms with Crippen LogP contribution in [0.5, 0.6) is 17.2 Å². The molecule has 146 valence electrons. The van der Waals surface area contributed by atoms with Gasteiger partial charge < -0.3 is 24.1 Å². The van der Waals surface area contributed by atoms with Gasteiger partial charge in [-0.05, 0) is 13.0 Å². The van der Waals surface area contributed by atoms with Crippen molar-refractivity contribution in [3.8, 4) is 28.6 Å². The Balaban J connectivity index is 1.74. The van der Waals surface area contributed by atoms with Crippen LogP contribution in [0.2, 0.25) is 0 Å². The highest BCUT2D eigenvalue weighted by Crippen LogP contribution is 2.34. The van der Waals surface area contributed by atoms with Crippen molar-refractivity contribution in [2.75, 3.05) is 21.3 Å². The average molecular weight is 383 g/mol. The lowest BCUT2D eigenvalue weighted by molar-refractivity contribution is 0.0942. The first-order chi connectivity index (χ1) is 13.5. The van der Waals surface area contributed by atoms with Gasteiger partial charge in [-0.3, -0.25) is 4.79 Å². The molecule has 0 fully saturated rings. The molecule has 2 aromatic carbocycles. The van der Waals surface area contributed by atoms with E-state index in [1.54, 1.807) is 12.1 Å². The monoisotopic (exact) mass is 383 g/mol. The Morgan fingerprint density at radius 3 is 2.43 bits per heavy atom. The second-order valence-corrected chi connectivity index (χ2v) is 5.97. The molecule has 1 N–H and O–H groups in total. The highest BCUT2D eigenvalue weighted by atomic mass is 16.5. The van der Waals surface area contributed by atoms with Crippen LogP contribution in [0, 0.1) is 6.92 Å². The third kappa shape index (κ3) is 4.06. The van der Waals surface area contributed by atoms with Crippen molar-refractivity contribution in [3.05, 3.63) is 53.4 Å². The highest BCUT2D eigenvalue weighted by Gasteiger charge is 2.18. The average Bonchev–Trinajstić information content (AvgIpc) is 3.20.